The van der Waals surface area contributed by atoms with Gasteiger partial charge in [0, 0.05) is 47.8 Å². The summed E-state index contributed by atoms with van der Waals surface area (Å²) in [5.41, 5.74) is 1.94. The fourth-order valence-electron chi connectivity index (χ4n) is 3.26. The largest absolute Gasteiger partial charge is 0.497 e. The first-order chi connectivity index (χ1) is 16.5. The second kappa shape index (κ2) is 10.7. The van der Waals surface area contributed by atoms with Gasteiger partial charge >= 0.3 is 0 Å². The number of carbonyl (C=O) groups is 1. The van der Waals surface area contributed by atoms with Crippen LogP contribution in [0.5, 0.6) is 5.75 Å². The van der Waals surface area contributed by atoms with Crippen LogP contribution in [0.1, 0.15) is 5.56 Å². The van der Waals surface area contributed by atoms with Gasteiger partial charge in [-0.2, -0.15) is 0 Å². The van der Waals surface area contributed by atoms with E-state index in [9.17, 15) is 9.18 Å². The van der Waals surface area contributed by atoms with E-state index in [1.807, 2.05) is 41.0 Å². The number of benzene rings is 2. The van der Waals surface area contributed by atoms with Crippen LogP contribution in [0.15, 0.2) is 72.1 Å². The van der Waals surface area contributed by atoms with E-state index in [0.717, 1.165) is 17.0 Å². The molecule has 1 amide bonds. The number of methoxy groups -OCH3 is 1. The van der Waals surface area contributed by atoms with Gasteiger partial charge in [0.15, 0.2) is 11.0 Å². The first kappa shape index (κ1) is 23.7. The molecule has 0 atom stereocenters. The van der Waals surface area contributed by atoms with Crippen molar-refractivity contribution in [1.29, 1.82) is 0 Å². The summed E-state index contributed by atoms with van der Waals surface area (Å²) in [6.45, 7) is 0.0678. The molecule has 0 aliphatic carbocycles. The molecule has 0 spiro atoms. The van der Waals surface area contributed by atoms with Gasteiger partial charge < -0.3 is 9.64 Å². The quantitative estimate of drug-likeness (QED) is 0.323. The maximum Gasteiger partial charge on any atom is 0.233 e. The number of thioether (sulfide) groups is 1. The lowest BCUT2D eigenvalue weighted by molar-refractivity contribution is -0.127. The van der Waals surface area contributed by atoms with Crippen molar-refractivity contribution >= 4 is 29.3 Å². The van der Waals surface area contributed by atoms with Gasteiger partial charge in [-0.3, -0.25) is 14.3 Å². The maximum atomic E-state index is 14.1. The number of halogens is 2. The summed E-state index contributed by atoms with van der Waals surface area (Å²) in [5, 5.41) is 9.52. The lowest BCUT2D eigenvalue weighted by Gasteiger charge is -2.18. The molecule has 174 valence electrons. The van der Waals surface area contributed by atoms with E-state index in [2.05, 4.69) is 15.2 Å². The minimum Gasteiger partial charge on any atom is -0.497 e. The van der Waals surface area contributed by atoms with Crippen molar-refractivity contribution in [2.45, 2.75) is 11.7 Å². The Balaban J connectivity index is 1.56. The Bertz CT molecular complexity index is 1260. The fraction of sp³-hybridized carbons (Fsp3) is 0.167. The van der Waals surface area contributed by atoms with E-state index in [4.69, 9.17) is 16.3 Å². The highest BCUT2D eigenvalue weighted by molar-refractivity contribution is 7.99. The van der Waals surface area contributed by atoms with Crippen molar-refractivity contribution in [3.8, 4) is 22.8 Å². The van der Waals surface area contributed by atoms with Crippen LogP contribution in [0.2, 0.25) is 5.02 Å². The molecular weight excluding hydrogens is 477 g/mol. The van der Waals surface area contributed by atoms with Crippen molar-refractivity contribution in [3.05, 3.63) is 83.4 Å². The van der Waals surface area contributed by atoms with Crippen molar-refractivity contribution in [3.63, 3.8) is 0 Å². The molecular formula is C24H21ClFN5O2S. The average Bonchev–Trinajstić information content (AvgIpc) is 3.29. The highest BCUT2D eigenvalue weighted by Crippen LogP contribution is 2.29. The molecule has 0 aliphatic heterocycles. The normalized spacial score (nSPS) is 10.8. The fourth-order valence-corrected chi connectivity index (χ4v) is 4.38. The Hall–Kier alpha value is -3.43. The molecule has 2 aromatic heterocycles. The Labute approximate surface area is 205 Å². The zero-order valence-corrected chi connectivity index (χ0v) is 20.1. The van der Waals surface area contributed by atoms with Gasteiger partial charge in [0.25, 0.3) is 0 Å². The first-order valence-electron chi connectivity index (χ1n) is 10.3. The van der Waals surface area contributed by atoms with Crippen LogP contribution in [0.25, 0.3) is 17.1 Å². The third-order valence-electron chi connectivity index (χ3n) is 5.11. The zero-order chi connectivity index (χ0) is 24.1. The van der Waals surface area contributed by atoms with Gasteiger partial charge in [-0.15, -0.1) is 10.2 Å². The SMILES string of the molecule is COc1ccc(-n2c(SCC(=O)N(C)Cc3c(F)cccc3Cl)nnc2-c2ccncc2)cc1. The standard InChI is InChI=1S/C24H21ClFN5O2S/c1-30(14-19-20(25)4-3-5-21(19)26)22(32)15-34-24-29-28-23(16-10-12-27-13-11-16)31(24)17-6-8-18(33-2)9-7-17/h3-13H,14-15H2,1-2H3. The van der Waals surface area contributed by atoms with Crippen LogP contribution < -0.4 is 4.74 Å². The van der Waals surface area contributed by atoms with E-state index in [0.29, 0.717) is 11.0 Å². The average molecular weight is 498 g/mol. The lowest BCUT2D eigenvalue weighted by Crippen LogP contribution is -2.28. The highest BCUT2D eigenvalue weighted by Gasteiger charge is 2.19. The van der Waals surface area contributed by atoms with Gasteiger partial charge in [-0.25, -0.2) is 4.39 Å². The molecule has 4 aromatic rings. The Morgan fingerprint density at radius 2 is 1.85 bits per heavy atom. The molecule has 7 nitrogen and oxygen atoms in total. The van der Waals surface area contributed by atoms with Crippen LogP contribution in [0.3, 0.4) is 0 Å². The molecule has 0 radical (unpaired) electrons. The van der Waals surface area contributed by atoms with Crippen molar-refractivity contribution < 1.29 is 13.9 Å². The third-order valence-corrected chi connectivity index (χ3v) is 6.38. The summed E-state index contributed by atoms with van der Waals surface area (Å²) in [4.78, 5) is 18.3. The maximum absolute atomic E-state index is 14.1. The van der Waals surface area contributed by atoms with E-state index >= 15 is 0 Å². The molecule has 0 fully saturated rings. The van der Waals surface area contributed by atoms with Crippen molar-refractivity contribution in [1.82, 2.24) is 24.6 Å². The predicted octanol–water partition coefficient (Wildman–Crippen LogP) is 4.88. The van der Waals surface area contributed by atoms with Gasteiger partial charge in [-0.05, 0) is 48.5 Å². The van der Waals surface area contributed by atoms with E-state index < -0.39 is 5.82 Å². The number of pyridine rings is 1. The van der Waals surface area contributed by atoms with E-state index in [1.54, 1.807) is 32.6 Å². The van der Waals surface area contributed by atoms with Gasteiger partial charge in [0.05, 0.1) is 12.9 Å². The summed E-state index contributed by atoms with van der Waals surface area (Å²) in [7, 11) is 3.22. The minimum atomic E-state index is -0.443. The van der Waals surface area contributed by atoms with Crippen LogP contribution in [-0.4, -0.2) is 50.5 Å². The minimum absolute atomic E-state index is 0.0678. The predicted molar refractivity (Wildman–Crippen MR) is 130 cm³/mol. The molecule has 2 heterocycles. The van der Waals surface area contributed by atoms with Crippen LogP contribution in [0.4, 0.5) is 4.39 Å². The molecule has 4 rings (SSSR count). The molecule has 0 aliphatic rings. The molecule has 2 aromatic carbocycles. The Morgan fingerprint density at radius 1 is 1.12 bits per heavy atom. The molecule has 0 unspecified atom stereocenters. The number of nitrogens with zero attached hydrogens (tertiary/aromatic N) is 5. The molecule has 0 saturated carbocycles. The number of amides is 1. The van der Waals surface area contributed by atoms with E-state index in [1.165, 1.54) is 28.8 Å². The highest BCUT2D eigenvalue weighted by atomic mass is 35.5. The Kier molecular flexibility index (Phi) is 7.44. The first-order valence-corrected chi connectivity index (χ1v) is 11.6. The second-order valence-corrected chi connectivity index (χ2v) is 8.66. The lowest BCUT2D eigenvalue weighted by atomic mass is 10.2. The number of aromatic nitrogens is 4. The number of hydrogen-bond acceptors (Lipinski definition) is 6. The Morgan fingerprint density at radius 3 is 2.53 bits per heavy atom. The zero-order valence-electron chi connectivity index (χ0n) is 18.5. The summed E-state index contributed by atoms with van der Waals surface area (Å²) in [6, 6.07) is 15.6. The molecule has 0 saturated heterocycles. The van der Waals surface area contributed by atoms with Gasteiger partial charge in [0.2, 0.25) is 5.91 Å². The van der Waals surface area contributed by atoms with Crippen LogP contribution in [0, 0.1) is 5.82 Å². The van der Waals surface area contributed by atoms with Gasteiger partial charge in [0.1, 0.15) is 11.6 Å². The summed E-state index contributed by atoms with van der Waals surface area (Å²) in [6.07, 6.45) is 3.36. The molecule has 0 bridgehead atoms. The van der Waals surface area contributed by atoms with E-state index in [-0.39, 0.29) is 28.8 Å². The van der Waals surface area contributed by atoms with Crippen LogP contribution in [-0.2, 0) is 11.3 Å². The van der Waals surface area contributed by atoms with Crippen LogP contribution >= 0.6 is 23.4 Å². The second-order valence-electron chi connectivity index (χ2n) is 7.31. The molecule has 10 heteroatoms. The number of carbonyl (C=O) groups excluding carboxylic acids is 1. The molecule has 34 heavy (non-hydrogen) atoms. The van der Waals surface area contributed by atoms with Crippen molar-refractivity contribution in [2.24, 2.45) is 0 Å². The number of ether oxygens (including phenoxy) is 1. The van der Waals surface area contributed by atoms with Crippen molar-refractivity contribution in [2.75, 3.05) is 19.9 Å². The third kappa shape index (κ3) is 5.21. The summed E-state index contributed by atoms with van der Waals surface area (Å²) < 4.78 is 21.3. The monoisotopic (exact) mass is 497 g/mol. The number of rotatable bonds is 8. The topological polar surface area (TPSA) is 73.1 Å². The number of hydrogen-bond donors (Lipinski definition) is 0. The summed E-state index contributed by atoms with van der Waals surface area (Å²) >= 11 is 7.35. The smallest absolute Gasteiger partial charge is 0.233 e. The van der Waals surface area contributed by atoms with Gasteiger partial charge in [-0.1, -0.05) is 29.4 Å². The molecule has 0 N–H and O–H groups in total. The summed E-state index contributed by atoms with van der Waals surface area (Å²) in [5.74, 6) is 0.793.